The number of unbranched alkanes of at least 4 members (excludes halogenated alkanes) is 10. The van der Waals surface area contributed by atoms with Gasteiger partial charge >= 0.3 is 0 Å². The van der Waals surface area contributed by atoms with E-state index in [1.54, 1.807) is 0 Å². The number of rotatable bonds is 19. The zero-order chi connectivity index (χ0) is 21.9. The normalized spacial score (nSPS) is 14.2. The maximum absolute atomic E-state index is 11.7. The van der Waals surface area contributed by atoms with Crippen LogP contribution in [0.2, 0.25) is 0 Å². The van der Waals surface area contributed by atoms with Crippen molar-refractivity contribution in [3.05, 3.63) is 0 Å². The average Bonchev–Trinajstić information content (AvgIpc) is 2.73. The number of carbonyl (C=O) groups excluding carboxylic acids is 2. The Morgan fingerprint density at radius 2 is 1.24 bits per heavy atom. The molecule has 0 saturated heterocycles. The number of hydrogen-bond donors (Lipinski definition) is 6. The van der Waals surface area contributed by atoms with E-state index in [4.69, 9.17) is 5.11 Å². The molecule has 0 spiro atoms. The first-order valence-electron chi connectivity index (χ1n) is 11.1. The third kappa shape index (κ3) is 15.3. The average molecular weight is 419 g/mol. The first-order chi connectivity index (χ1) is 13.9. The number of nitrogens with one attached hydrogen (secondary N) is 2. The van der Waals surface area contributed by atoms with E-state index in [-0.39, 0.29) is 19.0 Å². The molecule has 29 heavy (non-hydrogen) atoms. The summed E-state index contributed by atoms with van der Waals surface area (Å²) in [5.74, 6) is -0.948. The Kier molecular flexibility index (Phi) is 18.0. The fourth-order valence-corrected chi connectivity index (χ4v) is 3.00. The third-order valence-electron chi connectivity index (χ3n) is 4.93. The van der Waals surface area contributed by atoms with E-state index in [1.807, 2.05) is 0 Å². The summed E-state index contributed by atoms with van der Waals surface area (Å²) in [6, 6.07) is 0. The topological polar surface area (TPSA) is 139 Å². The highest BCUT2D eigenvalue weighted by Crippen LogP contribution is 2.11. The van der Waals surface area contributed by atoms with Crippen LogP contribution in [0.15, 0.2) is 0 Å². The van der Waals surface area contributed by atoms with Gasteiger partial charge in [0, 0.05) is 19.5 Å². The van der Waals surface area contributed by atoms with Gasteiger partial charge in [0.2, 0.25) is 5.91 Å². The maximum atomic E-state index is 11.7. The molecule has 0 rings (SSSR count). The van der Waals surface area contributed by atoms with E-state index in [1.165, 1.54) is 51.4 Å². The molecular weight excluding hydrogens is 376 g/mol. The van der Waals surface area contributed by atoms with Crippen LogP contribution in [-0.2, 0) is 9.59 Å². The minimum absolute atomic E-state index is 0.0774. The van der Waals surface area contributed by atoms with Crippen molar-refractivity contribution in [1.82, 2.24) is 10.6 Å². The molecule has 0 aliphatic carbocycles. The fourth-order valence-electron chi connectivity index (χ4n) is 3.00. The van der Waals surface area contributed by atoms with Crippen LogP contribution >= 0.6 is 0 Å². The van der Waals surface area contributed by atoms with Gasteiger partial charge in [0.05, 0.1) is 6.61 Å². The number of aliphatic hydroxyl groups excluding tert-OH is 4. The van der Waals surface area contributed by atoms with Crippen LogP contribution in [0.25, 0.3) is 0 Å². The summed E-state index contributed by atoms with van der Waals surface area (Å²) in [7, 11) is 0. The third-order valence-corrected chi connectivity index (χ3v) is 4.93. The summed E-state index contributed by atoms with van der Waals surface area (Å²) in [5, 5.41) is 41.9. The van der Waals surface area contributed by atoms with Crippen LogP contribution in [0, 0.1) is 0 Å². The highest BCUT2D eigenvalue weighted by Gasteiger charge is 2.29. The van der Waals surface area contributed by atoms with Crippen molar-refractivity contribution in [2.24, 2.45) is 0 Å². The van der Waals surface area contributed by atoms with Crippen LogP contribution in [-0.4, -0.2) is 70.2 Å². The Labute approximate surface area is 175 Å². The molecule has 8 nitrogen and oxygen atoms in total. The first-order valence-corrected chi connectivity index (χ1v) is 11.1. The van der Waals surface area contributed by atoms with Gasteiger partial charge in [-0.15, -0.1) is 0 Å². The van der Waals surface area contributed by atoms with Gasteiger partial charge in [0.15, 0.2) is 6.10 Å². The molecule has 172 valence electrons. The van der Waals surface area contributed by atoms with Gasteiger partial charge in [-0.1, -0.05) is 71.1 Å². The number of carbonyl (C=O) groups is 2. The van der Waals surface area contributed by atoms with E-state index < -0.39 is 30.8 Å². The Hall–Kier alpha value is -1.22. The van der Waals surface area contributed by atoms with Crippen molar-refractivity contribution in [3.63, 3.8) is 0 Å². The quantitative estimate of drug-likeness (QED) is 0.173. The molecule has 0 radical (unpaired) electrons. The minimum atomic E-state index is -1.84. The predicted octanol–water partition coefficient (Wildman–Crippen LogP) is 0.995. The van der Waals surface area contributed by atoms with Crippen molar-refractivity contribution >= 4 is 11.8 Å². The van der Waals surface area contributed by atoms with Crippen LogP contribution in [0.5, 0.6) is 0 Å². The van der Waals surface area contributed by atoms with Gasteiger partial charge < -0.3 is 31.1 Å². The molecule has 0 aliphatic rings. The molecule has 0 aromatic rings. The van der Waals surface area contributed by atoms with Gasteiger partial charge in [-0.05, 0) is 6.42 Å². The van der Waals surface area contributed by atoms with Gasteiger partial charge in [-0.2, -0.15) is 0 Å². The second kappa shape index (κ2) is 18.8. The largest absolute Gasteiger partial charge is 0.394 e. The molecule has 0 bridgehead atoms. The number of amides is 2. The Morgan fingerprint density at radius 1 is 0.759 bits per heavy atom. The molecular formula is C21H42N2O6. The smallest absolute Gasteiger partial charge is 0.251 e. The molecule has 0 aromatic carbocycles. The van der Waals surface area contributed by atoms with Crippen molar-refractivity contribution in [3.8, 4) is 0 Å². The summed E-state index contributed by atoms with van der Waals surface area (Å²) in [5.41, 5.74) is 0. The van der Waals surface area contributed by atoms with Gasteiger partial charge in [-0.3, -0.25) is 9.59 Å². The zero-order valence-corrected chi connectivity index (χ0v) is 17.9. The molecule has 6 N–H and O–H groups in total. The molecule has 0 saturated carbocycles. The highest BCUT2D eigenvalue weighted by atomic mass is 16.4. The molecule has 0 aliphatic heterocycles. The molecule has 0 aromatic heterocycles. The zero-order valence-electron chi connectivity index (χ0n) is 17.9. The van der Waals surface area contributed by atoms with E-state index in [9.17, 15) is 24.9 Å². The van der Waals surface area contributed by atoms with Crippen LogP contribution in [0.4, 0.5) is 0 Å². The van der Waals surface area contributed by atoms with E-state index in [2.05, 4.69) is 17.6 Å². The van der Waals surface area contributed by atoms with Crippen LogP contribution < -0.4 is 10.6 Å². The number of hydrogen-bond acceptors (Lipinski definition) is 6. The summed E-state index contributed by atoms with van der Waals surface area (Å²) < 4.78 is 0. The molecule has 0 fully saturated rings. The summed E-state index contributed by atoms with van der Waals surface area (Å²) in [6.07, 6.45) is 8.74. The van der Waals surface area contributed by atoms with Gasteiger partial charge in [-0.25, -0.2) is 0 Å². The molecule has 0 unspecified atom stereocenters. The van der Waals surface area contributed by atoms with Crippen molar-refractivity contribution in [1.29, 1.82) is 0 Å². The highest BCUT2D eigenvalue weighted by molar-refractivity contribution is 5.81. The SMILES string of the molecule is CCCCCCCCCCCCCC(=O)NCCNC(=O)[C@H](O)[C@H](O)[C@H](O)CO. The maximum Gasteiger partial charge on any atom is 0.251 e. The van der Waals surface area contributed by atoms with E-state index in [0.717, 1.165) is 19.3 Å². The monoisotopic (exact) mass is 418 g/mol. The van der Waals surface area contributed by atoms with E-state index in [0.29, 0.717) is 6.42 Å². The second-order valence-electron chi connectivity index (χ2n) is 7.61. The van der Waals surface area contributed by atoms with E-state index >= 15 is 0 Å². The Bertz CT molecular complexity index is 422. The lowest BCUT2D eigenvalue weighted by Crippen LogP contribution is -2.49. The second-order valence-corrected chi connectivity index (χ2v) is 7.61. The minimum Gasteiger partial charge on any atom is -0.394 e. The van der Waals surface area contributed by atoms with Crippen LogP contribution in [0.1, 0.15) is 84.0 Å². The fraction of sp³-hybridized carbons (Fsp3) is 0.905. The lowest BCUT2D eigenvalue weighted by molar-refractivity contribution is -0.142. The van der Waals surface area contributed by atoms with Crippen LogP contribution in [0.3, 0.4) is 0 Å². The molecule has 8 heteroatoms. The lowest BCUT2D eigenvalue weighted by Gasteiger charge is -2.20. The van der Waals surface area contributed by atoms with Gasteiger partial charge in [0.1, 0.15) is 12.2 Å². The summed E-state index contributed by atoms with van der Waals surface area (Å²) >= 11 is 0. The summed E-state index contributed by atoms with van der Waals surface area (Å²) in [4.78, 5) is 23.4. The lowest BCUT2D eigenvalue weighted by atomic mass is 10.1. The molecule has 2 amide bonds. The predicted molar refractivity (Wildman–Crippen MR) is 112 cm³/mol. The van der Waals surface area contributed by atoms with Crippen molar-refractivity contribution in [2.75, 3.05) is 19.7 Å². The Balaban J connectivity index is 3.53. The molecule has 3 atom stereocenters. The summed E-state index contributed by atoms with van der Waals surface area (Å²) in [6.45, 7) is 1.78. The van der Waals surface area contributed by atoms with Gasteiger partial charge in [0.25, 0.3) is 5.91 Å². The van der Waals surface area contributed by atoms with Crippen molar-refractivity contribution < 1.29 is 30.0 Å². The van der Waals surface area contributed by atoms with Crippen molar-refractivity contribution in [2.45, 2.75) is 102 Å². The number of aliphatic hydroxyl groups is 4. The molecule has 0 heterocycles. The first kappa shape index (κ1) is 27.8. The standard InChI is InChI=1S/C21H42N2O6/c1-2-3-4-5-6-7-8-9-10-11-12-13-18(26)22-14-15-23-21(29)20(28)19(27)17(25)16-24/h17,19-20,24-25,27-28H,2-16H2,1H3,(H,22,26)(H,23,29)/t17-,19-,20-/m1/s1. The Morgan fingerprint density at radius 3 is 1.76 bits per heavy atom.